The number of ether oxygens (including phenoxy) is 3. The number of aryl methyl sites for hydroxylation is 2. The summed E-state index contributed by atoms with van der Waals surface area (Å²) in [6.45, 7) is 12.7. The number of nitriles is 1. The summed E-state index contributed by atoms with van der Waals surface area (Å²) in [5, 5.41) is 30.4. The molecule has 6 aromatic rings. The van der Waals surface area contributed by atoms with Gasteiger partial charge in [0, 0.05) is 90.0 Å². The molecule has 2 fully saturated rings. The molecule has 0 bridgehead atoms. The number of benzene rings is 3. The lowest BCUT2D eigenvalue weighted by atomic mass is 9.81. The van der Waals surface area contributed by atoms with Crippen molar-refractivity contribution in [2.75, 3.05) is 69.3 Å². The van der Waals surface area contributed by atoms with Crippen molar-refractivity contribution in [1.82, 2.24) is 40.0 Å². The van der Waals surface area contributed by atoms with Crippen molar-refractivity contribution in [2.45, 2.75) is 122 Å². The van der Waals surface area contributed by atoms with Crippen LogP contribution in [-0.4, -0.2) is 130 Å². The normalized spacial score (nSPS) is 20.6. The highest BCUT2D eigenvalue weighted by atomic mass is 19.1. The lowest BCUT2D eigenvalue weighted by Gasteiger charge is -2.42. The predicted molar refractivity (Wildman–Crippen MR) is 311 cm³/mol. The number of hydrogen-bond donors (Lipinski definition) is 3. The number of pyridine rings is 2. The van der Waals surface area contributed by atoms with Gasteiger partial charge in [-0.05, 0) is 112 Å². The highest BCUT2D eigenvalue weighted by molar-refractivity contribution is 5.98. The first-order chi connectivity index (χ1) is 40.5. The Kier molecular flexibility index (Phi) is 15.1. The van der Waals surface area contributed by atoms with E-state index in [1.807, 2.05) is 0 Å². The molecule has 0 radical (unpaired) electrons. The Labute approximate surface area is 485 Å². The summed E-state index contributed by atoms with van der Waals surface area (Å²) < 4.78 is 34.1. The van der Waals surface area contributed by atoms with E-state index in [1.54, 1.807) is 24.8 Å². The zero-order valence-corrected chi connectivity index (χ0v) is 47.8. The third-order valence-corrected chi connectivity index (χ3v) is 18.1. The molecule has 21 heteroatoms. The van der Waals surface area contributed by atoms with E-state index >= 15 is 4.39 Å². The number of aromatic nitrogens is 4. The Morgan fingerprint density at radius 3 is 2.56 bits per heavy atom. The molecule has 0 unspecified atom stereocenters. The van der Waals surface area contributed by atoms with Crippen molar-refractivity contribution in [3.8, 4) is 23.5 Å². The van der Waals surface area contributed by atoms with Crippen LogP contribution in [0.2, 0.25) is 0 Å². The first-order valence-corrected chi connectivity index (χ1v) is 29.1. The largest absolute Gasteiger partial charge is 0.462 e. The van der Waals surface area contributed by atoms with E-state index in [4.69, 9.17) is 29.2 Å². The summed E-state index contributed by atoms with van der Waals surface area (Å²) >= 11 is 0. The van der Waals surface area contributed by atoms with Crippen molar-refractivity contribution in [3.05, 3.63) is 127 Å². The fraction of sp³-hybridized carbons (Fsp3) is 0.444. The molecular weight excluding hydrogens is 1070 g/mol. The standard InChI is InChI=1S/C63H68FN11O9/c1-6-63(81)45-27-51-56-43(30-75(51)59(78)44(45)34-82-60(63)79)55-47(18-17-41-37(4)46(64)28-48(68-56)54(41)55)67-52(76)16-9-22-66-62(80)84-32-36(3)58(77)74-26-25-73(29-39(74)19-21-65)57-42-20-24-72(50-15-8-13-38-12-7-11-35(2)53(38)50)31-49(42)69-61(70-57)83-33-40-14-10-23-71(40)5/h7-8,11-13,15,27-28,39-40,47,81H,3,6,9-10,14,16-20,22-26,29-34H2,1-2,4-5H3,(H,66,80)(H,67,76)/t39-,40-,47-,63-/m0/s1. The number of esters is 1. The van der Waals surface area contributed by atoms with Crippen molar-refractivity contribution in [3.63, 3.8) is 0 Å². The smallest absolute Gasteiger partial charge is 0.407 e. The number of amides is 3. The van der Waals surface area contributed by atoms with Gasteiger partial charge in [-0.1, -0.05) is 43.8 Å². The number of likely N-dealkylation sites (tertiary alicyclic amines) is 1. The zero-order chi connectivity index (χ0) is 58.7. The number of nitrogens with zero attached hydrogens (tertiary/aromatic N) is 9. The Morgan fingerprint density at radius 2 is 1.77 bits per heavy atom. The van der Waals surface area contributed by atoms with Crippen LogP contribution in [0.5, 0.6) is 6.01 Å². The van der Waals surface area contributed by atoms with Crippen molar-refractivity contribution in [2.24, 2.45) is 0 Å². The van der Waals surface area contributed by atoms with Gasteiger partial charge in [-0.2, -0.15) is 15.2 Å². The van der Waals surface area contributed by atoms with Crippen LogP contribution >= 0.6 is 0 Å². The molecule has 6 aliphatic rings. The van der Waals surface area contributed by atoms with Gasteiger partial charge in [0.05, 0.1) is 65.8 Å². The number of nitrogens with one attached hydrogen (secondary N) is 2. The molecule has 0 spiro atoms. The fourth-order valence-corrected chi connectivity index (χ4v) is 13.5. The Bertz CT molecular complexity index is 3840. The molecule has 3 N–H and O–H groups in total. The molecule has 5 aliphatic heterocycles. The average Bonchev–Trinajstić information content (AvgIpc) is 3.11. The van der Waals surface area contributed by atoms with Gasteiger partial charge in [-0.3, -0.25) is 14.4 Å². The maximum absolute atomic E-state index is 15.5. The molecule has 8 heterocycles. The number of alkyl carbamates (subject to hydrolysis) is 1. The number of carbonyl (C=O) groups is 4. The second-order valence-corrected chi connectivity index (χ2v) is 23.1. The molecule has 436 valence electrons. The maximum Gasteiger partial charge on any atom is 0.407 e. The summed E-state index contributed by atoms with van der Waals surface area (Å²) in [6.07, 6.45) is 3.23. The number of carbonyl (C=O) groups excluding carboxylic acids is 4. The third-order valence-electron chi connectivity index (χ3n) is 18.1. The maximum atomic E-state index is 15.5. The number of cyclic esters (lactones) is 1. The lowest BCUT2D eigenvalue weighted by Crippen LogP contribution is -2.56. The molecule has 3 aromatic carbocycles. The second-order valence-electron chi connectivity index (χ2n) is 23.1. The first-order valence-electron chi connectivity index (χ1n) is 29.1. The zero-order valence-electron chi connectivity index (χ0n) is 47.8. The topological polar surface area (TPSA) is 238 Å². The molecule has 1 aliphatic carbocycles. The molecule has 4 atom stereocenters. The number of aliphatic hydroxyl groups is 1. The fourth-order valence-electron chi connectivity index (χ4n) is 13.5. The molecule has 0 saturated carbocycles. The van der Waals surface area contributed by atoms with Crippen LogP contribution in [0.1, 0.15) is 108 Å². The second kappa shape index (κ2) is 22.6. The third kappa shape index (κ3) is 10.0. The Morgan fingerprint density at radius 1 is 0.952 bits per heavy atom. The van der Waals surface area contributed by atoms with E-state index < -0.39 is 53.6 Å². The Hall–Kier alpha value is -8.48. The van der Waals surface area contributed by atoms with E-state index in [9.17, 15) is 34.3 Å². The molecule has 2 saturated heterocycles. The predicted octanol–water partition coefficient (Wildman–Crippen LogP) is 6.61. The summed E-state index contributed by atoms with van der Waals surface area (Å²) in [4.78, 5) is 91.1. The first kappa shape index (κ1) is 56.0. The Balaban J connectivity index is 0.670. The number of halogens is 1. The molecular formula is C63H68FN11O9. The highest BCUT2D eigenvalue weighted by Gasteiger charge is 2.46. The minimum Gasteiger partial charge on any atom is -0.462 e. The number of fused-ring (bicyclic) bond motifs is 7. The quantitative estimate of drug-likeness (QED) is 0.0556. The number of piperazine rings is 1. The minimum atomic E-state index is -2.03. The molecule has 3 amide bonds. The van der Waals surface area contributed by atoms with Gasteiger partial charge in [-0.15, -0.1) is 0 Å². The number of rotatable bonds is 15. The molecule has 3 aromatic heterocycles. The van der Waals surface area contributed by atoms with E-state index in [0.717, 1.165) is 59.8 Å². The highest BCUT2D eigenvalue weighted by Crippen LogP contribution is 2.46. The number of hydrogen-bond acceptors (Lipinski definition) is 16. The van der Waals surface area contributed by atoms with E-state index in [1.165, 1.54) is 27.0 Å². The molecule has 12 rings (SSSR count). The number of anilines is 2. The van der Waals surface area contributed by atoms with Crippen LogP contribution in [0.4, 0.5) is 20.7 Å². The van der Waals surface area contributed by atoms with E-state index in [-0.39, 0.29) is 80.6 Å². The van der Waals surface area contributed by atoms with Crippen LogP contribution in [0.15, 0.2) is 65.5 Å². The summed E-state index contributed by atoms with van der Waals surface area (Å²) in [5.74, 6) is -1.25. The van der Waals surface area contributed by atoms with Crippen molar-refractivity contribution in [1.29, 1.82) is 5.26 Å². The summed E-state index contributed by atoms with van der Waals surface area (Å²) in [6, 6.07) is 17.5. The lowest BCUT2D eigenvalue weighted by molar-refractivity contribution is -0.172. The minimum absolute atomic E-state index is 0.0232. The van der Waals surface area contributed by atoms with E-state index in [0.29, 0.717) is 84.9 Å². The summed E-state index contributed by atoms with van der Waals surface area (Å²) in [5.41, 5.74) is 5.99. The number of likely N-dealkylation sites (N-methyl/N-ethyl adjacent to an activating group) is 1. The van der Waals surface area contributed by atoms with Crippen LogP contribution in [0.25, 0.3) is 33.1 Å². The average molecular weight is 1140 g/mol. The van der Waals surface area contributed by atoms with Crippen LogP contribution in [0.3, 0.4) is 0 Å². The van der Waals surface area contributed by atoms with Gasteiger partial charge in [0.1, 0.15) is 31.5 Å². The molecule has 20 nitrogen and oxygen atoms in total. The van der Waals surface area contributed by atoms with Crippen LogP contribution < -0.4 is 30.7 Å². The van der Waals surface area contributed by atoms with Gasteiger partial charge in [0.2, 0.25) is 5.91 Å². The van der Waals surface area contributed by atoms with Crippen LogP contribution in [0, 0.1) is 31.0 Å². The van der Waals surface area contributed by atoms with Gasteiger partial charge in [-0.25, -0.2) is 19.0 Å². The van der Waals surface area contributed by atoms with Gasteiger partial charge in [0.25, 0.3) is 11.5 Å². The molecule has 84 heavy (non-hydrogen) atoms. The van der Waals surface area contributed by atoms with Gasteiger partial charge >= 0.3 is 18.1 Å². The SMILES string of the molecule is C=C(COC(=O)NCCCC(=O)N[C@H]1CCc2c(C)c(F)cc3nc4c(c1c23)Cn1c-4cc2c(c1=O)COC(=O)[C@]2(O)CC)C(=O)N1CCN(c2nc(OC[C@@H]3CCCN3C)nc3c2CCN(c2cccc4cccc(C)c24)C3)C[C@@H]1CC#N. The van der Waals surface area contributed by atoms with Crippen molar-refractivity contribution < 1.29 is 42.9 Å². The van der Waals surface area contributed by atoms with Gasteiger partial charge < -0.3 is 54.1 Å². The summed E-state index contributed by atoms with van der Waals surface area (Å²) in [7, 11) is 2.11. The monoisotopic (exact) mass is 1140 g/mol. The van der Waals surface area contributed by atoms with E-state index in [2.05, 4.69) is 88.4 Å². The van der Waals surface area contributed by atoms with Crippen LogP contribution in [-0.2, 0) is 62.0 Å². The van der Waals surface area contributed by atoms with Crippen molar-refractivity contribution >= 4 is 57.1 Å². The van der Waals surface area contributed by atoms with Gasteiger partial charge in [0.15, 0.2) is 5.60 Å².